The van der Waals surface area contributed by atoms with Crippen molar-refractivity contribution < 1.29 is 22.6 Å². The molecule has 0 radical (unpaired) electrons. The molecule has 0 aliphatic rings. The quantitative estimate of drug-likeness (QED) is 0.635. The Labute approximate surface area is 140 Å². The minimum atomic E-state index is -4.39. The first-order valence-corrected chi connectivity index (χ1v) is 7.39. The molecule has 2 N–H and O–H groups in total. The van der Waals surface area contributed by atoms with Crippen molar-refractivity contribution in [3.63, 3.8) is 0 Å². The third kappa shape index (κ3) is 7.43. The van der Waals surface area contributed by atoms with Crippen LogP contribution in [-0.4, -0.2) is 38.4 Å². The highest BCUT2D eigenvalue weighted by atomic mass is 19.4. The number of rotatable bonds is 5. The molecule has 0 unspecified atom stereocenters. The third-order valence-electron chi connectivity index (χ3n) is 2.80. The zero-order chi connectivity index (χ0) is 18.4. The van der Waals surface area contributed by atoms with Gasteiger partial charge in [-0.2, -0.15) is 13.2 Å². The molecule has 1 rings (SSSR count). The van der Waals surface area contributed by atoms with Crippen molar-refractivity contribution in [1.82, 2.24) is 10.6 Å². The van der Waals surface area contributed by atoms with Crippen LogP contribution in [0, 0.1) is 0 Å². The van der Waals surface area contributed by atoms with E-state index in [0.29, 0.717) is 12.5 Å². The van der Waals surface area contributed by atoms with Gasteiger partial charge in [-0.25, -0.2) is 0 Å². The lowest BCUT2D eigenvalue weighted by Crippen LogP contribution is -2.47. The van der Waals surface area contributed by atoms with Gasteiger partial charge in [0.1, 0.15) is 0 Å². The van der Waals surface area contributed by atoms with Crippen LogP contribution in [0.5, 0.6) is 11.5 Å². The molecule has 0 spiro atoms. The number of methoxy groups -OCH3 is 1. The van der Waals surface area contributed by atoms with E-state index in [4.69, 9.17) is 9.47 Å². The number of aliphatic imine (C=N–C) groups is 1. The van der Waals surface area contributed by atoms with Crippen LogP contribution in [0.25, 0.3) is 0 Å². The predicted octanol–water partition coefficient (Wildman–Crippen LogP) is 3.10. The van der Waals surface area contributed by atoms with Gasteiger partial charge in [-0.05, 0) is 38.5 Å². The first-order valence-electron chi connectivity index (χ1n) is 7.39. The van der Waals surface area contributed by atoms with Crippen molar-refractivity contribution in [3.8, 4) is 11.5 Å². The van der Waals surface area contributed by atoms with Crippen LogP contribution in [0.1, 0.15) is 26.3 Å². The molecule has 0 aliphatic carbocycles. The summed E-state index contributed by atoms with van der Waals surface area (Å²) in [5, 5.41) is 6.34. The van der Waals surface area contributed by atoms with Crippen molar-refractivity contribution in [2.45, 2.75) is 39.0 Å². The normalized spacial score (nSPS) is 12.8. The van der Waals surface area contributed by atoms with Crippen molar-refractivity contribution in [3.05, 3.63) is 23.8 Å². The monoisotopic (exact) mass is 347 g/mol. The maximum absolute atomic E-state index is 12.2. The smallest absolute Gasteiger partial charge is 0.422 e. The van der Waals surface area contributed by atoms with Gasteiger partial charge in [0.25, 0.3) is 0 Å². The average molecular weight is 347 g/mol. The minimum Gasteiger partial charge on any atom is -0.493 e. The van der Waals surface area contributed by atoms with E-state index in [1.54, 1.807) is 19.2 Å². The van der Waals surface area contributed by atoms with Gasteiger partial charge in [-0.15, -0.1) is 0 Å². The molecule has 0 heterocycles. The Hall–Kier alpha value is -2.12. The zero-order valence-corrected chi connectivity index (χ0v) is 14.5. The van der Waals surface area contributed by atoms with Crippen LogP contribution in [0.2, 0.25) is 0 Å². The standard InChI is InChI=1S/C16H24F3N3O2/c1-15(2,3)22-14(20-4)21-9-11-6-7-12(13(8-11)23-5)24-10-16(17,18)19/h6-8H,9-10H2,1-5H3,(H2,20,21,22). The molecule has 0 atom stereocenters. The zero-order valence-electron chi connectivity index (χ0n) is 14.5. The fourth-order valence-corrected chi connectivity index (χ4v) is 1.82. The summed E-state index contributed by atoms with van der Waals surface area (Å²) in [6, 6.07) is 4.76. The molecule has 0 amide bonds. The predicted molar refractivity (Wildman–Crippen MR) is 87.6 cm³/mol. The van der Waals surface area contributed by atoms with Crippen molar-refractivity contribution >= 4 is 5.96 Å². The molecule has 8 heteroatoms. The van der Waals surface area contributed by atoms with E-state index in [9.17, 15) is 13.2 Å². The van der Waals surface area contributed by atoms with Crippen LogP contribution in [0.4, 0.5) is 13.2 Å². The summed E-state index contributed by atoms with van der Waals surface area (Å²) in [7, 11) is 3.04. The second-order valence-corrected chi connectivity index (χ2v) is 6.19. The third-order valence-corrected chi connectivity index (χ3v) is 2.80. The lowest BCUT2D eigenvalue weighted by Gasteiger charge is -2.23. The van der Waals surface area contributed by atoms with Crippen LogP contribution < -0.4 is 20.1 Å². The minimum absolute atomic E-state index is 0.0516. The second kappa shape index (κ2) is 8.12. The highest BCUT2D eigenvalue weighted by Gasteiger charge is 2.29. The summed E-state index contributed by atoms with van der Waals surface area (Å²) >= 11 is 0. The Balaban J connectivity index is 2.73. The van der Waals surface area contributed by atoms with Crippen LogP contribution in [0.15, 0.2) is 23.2 Å². The van der Waals surface area contributed by atoms with E-state index < -0.39 is 12.8 Å². The summed E-state index contributed by atoms with van der Waals surface area (Å²) in [6.45, 7) is 5.11. The van der Waals surface area contributed by atoms with Gasteiger partial charge >= 0.3 is 6.18 Å². The Morgan fingerprint density at radius 3 is 2.33 bits per heavy atom. The highest BCUT2D eigenvalue weighted by molar-refractivity contribution is 5.80. The number of ether oxygens (including phenoxy) is 2. The summed E-state index contributed by atoms with van der Waals surface area (Å²) < 4.78 is 46.6. The van der Waals surface area contributed by atoms with E-state index in [1.165, 1.54) is 13.2 Å². The molecular weight excluding hydrogens is 323 g/mol. The number of hydrogen-bond donors (Lipinski definition) is 2. The first-order chi connectivity index (χ1) is 11.0. The molecule has 5 nitrogen and oxygen atoms in total. The van der Waals surface area contributed by atoms with Gasteiger partial charge < -0.3 is 20.1 Å². The van der Waals surface area contributed by atoms with E-state index in [1.807, 2.05) is 20.8 Å². The second-order valence-electron chi connectivity index (χ2n) is 6.19. The lowest BCUT2D eigenvalue weighted by molar-refractivity contribution is -0.153. The maximum Gasteiger partial charge on any atom is 0.422 e. The SMILES string of the molecule is CN=C(NCc1ccc(OCC(F)(F)F)c(OC)c1)NC(C)(C)C. The largest absolute Gasteiger partial charge is 0.493 e. The van der Waals surface area contributed by atoms with E-state index in [2.05, 4.69) is 15.6 Å². The summed E-state index contributed by atoms with van der Waals surface area (Å²) in [5.74, 6) is 0.923. The van der Waals surface area contributed by atoms with Crippen molar-refractivity contribution in [2.24, 2.45) is 4.99 Å². The van der Waals surface area contributed by atoms with E-state index in [0.717, 1.165) is 5.56 Å². The molecule has 0 aromatic heterocycles. The molecule has 1 aromatic rings. The van der Waals surface area contributed by atoms with Gasteiger partial charge in [0.15, 0.2) is 24.1 Å². The molecule has 1 aromatic carbocycles. The molecular formula is C16H24F3N3O2. The number of hydrogen-bond acceptors (Lipinski definition) is 3. The Morgan fingerprint density at radius 1 is 1.17 bits per heavy atom. The van der Waals surface area contributed by atoms with Gasteiger partial charge in [0.2, 0.25) is 0 Å². The van der Waals surface area contributed by atoms with Crippen LogP contribution >= 0.6 is 0 Å². The summed E-state index contributed by atoms with van der Waals surface area (Å²) in [6.07, 6.45) is -4.39. The molecule has 24 heavy (non-hydrogen) atoms. The number of benzene rings is 1. The molecule has 0 fully saturated rings. The fraction of sp³-hybridized carbons (Fsp3) is 0.562. The lowest BCUT2D eigenvalue weighted by atomic mass is 10.1. The number of alkyl halides is 3. The van der Waals surface area contributed by atoms with Crippen molar-refractivity contribution in [1.29, 1.82) is 0 Å². The number of halogens is 3. The number of guanidine groups is 1. The van der Waals surface area contributed by atoms with Gasteiger partial charge in [-0.1, -0.05) is 6.07 Å². The van der Waals surface area contributed by atoms with E-state index in [-0.39, 0.29) is 17.0 Å². The highest BCUT2D eigenvalue weighted by Crippen LogP contribution is 2.29. The topological polar surface area (TPSA) is 54.9 Å². The Kier molecular flexibility index (Phi) is 6.74. The van der Waals surface area contributed by atoms with Gasteiger partial charge in [0, 0.05) is 19.1 Å². The Bertz CT molecular complexity index is 567. The molecule has 0 aliphatic heterocycles. The molecule has 0 bridgehead atoms. The number of nitrogens with zero attached hydrogens (tertiary/aromatic N) is 1. The van der Waals surface area contributed by atoms with E-state index >= 15 is 0 Å². The van der Waals surface area contributed by atoms with Crippen LogP contribution in [-0.2, 0) is 6.54 Å². The average Bonchev–Trinajstić information content (AvgIpc) is 2.47. The summed E-state index contributed by atoms with van der Waals surface area (Å²) in [4.78, 5) is 4.12. The molecule has 0 saturated heterocycles. The van der Waals surface area contributed by atoms with Gasteiger partial charge in [0.05, 0.1) is 7.11 Å². The number of nitrogens with one attached hydrogen (secondary N) is 2. The Morgan fingerprint density at radius 2 is 1.83 bits per heavy atom. The van der Waals surface area contributed by atoms with Gasteiger partial charge in [-0.3, -0.25) is 4.99 Å². The first kappa shape index (κ1) is 19.9. The fourth-order valence-electron chi connectivity index (χ4n) is 1.82. The van der Waals surface area contributed by atoms with Crippen LogP contribution in [0.3, 0.4) is 0 Å². The molecule has 0 saturated carbocycles. The van der Waals surface area contributed by atoms with Crippen molar-refractivity contribution in [2.75, 3.05) is 20.8 Å². The maximum atomic E-state index is 12.2. The molecule has 136 valence electrons. The summed E-state index contributed by atoms with van der Waals surface area (Å²) in [5.41, 5.74) is 0.678.